The second-order valence-electron chi connectivity index (χ2n) is 8.06. The number of nitrogens with one attached hydrogen (secondary N) is 1. The van der Waals surface area contributed by atoms with E-state index in [2.05, 4.69) is 75.5 Å². The lowest BCUT2D eigenvalue weighted by molar-refractivity contribution is 0.305. The molecule has 0 aliphatic rings. The predicted molar refractivity (Wildman–Crippen MR) is 118 cm³/mol. The van der Waals surface area contributed by atoms with E-state index in [-0.39, 0.29) is 0 Å². The maximum atomic E-state index is 5.89. The Bertz CT molecular complexity index is 648. The average Bonchev–Trinajstić information content (AvgIpc) is 2.66. The van der Waals surface area contributed by atoms with Gasteiger partial charge in [0.15, 0.2) is 0 Å². The maximum Gasteiger partial charge on any atom is 0.121 e. The second kappa shape index (κ2) is 11.7. The smallest absolute Gasteiger partial charge is 0.121 e. The molecular weight excluding hydrogens is 330 g/mol. The first-order valence-corrected chi connectivity index (χ1v) is 10.6. The Kier molecular flexibility index (Phi) is 9.24. The van der Waals surface area contributed by atoms with Crippen LogP contribution in [0.4, 0.5) is 5.69 Å². The van der Waals surface area contributed by atoms with E-state index < -0.39 is 0 Å². The molecule has 1 atom stereocenters. The standard InChI is InChI=1S/C25H37NO/c1-5-6-7-8-16-27-25-11-9-10-24(18-25)26-19-21(4)23-14-12-22(13-15-23)17-20(2)3/h9-15,18,20-21,26H,5-8,16-17,19H2,1-4H3. The van der Waals surface area contributed by atoms with E-state index in [1.807, 2.05) is 6.07 Å². The minimum Gasteiger partial charge on any atom is -0.494 e. The van der Waals surface area contributed by atoms with Gasteiger partial charge in [-0.15, -0.1) is 0 Å². The highest BCUT2D eigenvalue weighted by Crippen LogP contribution is 2.21. The van der Waals surface area contributed by atoms with Crippen molar-refractivity contribution in [2.24, 2.45) is 5.92 Å². The van der Waals surface area contributed by atoms with E-state index in [1.54, 1.807) is 0 Å². The van der Waals surface area contributed by atoms with Crippen LogP contribution in [0, 0.1) is 5.92 Å². The van der Waals surface area contributed by atoms with Gasteiger partial charge in [-0.05, 0) is 47.9 Å². The Morgan fingerprint density at radius 3 is 2.41 bits per heavy atom. The Balaban J connectivity index is 1.80. The van der Waals surface area contributed by atoms with Crippen LogP contribution in [0.2, 0.25) is 0 Å². The third-order valence-corrected chi connectivity index (χ3v) is 4.91. The molecule has 2 aromatic carbocycles. The number of hydrogen-bond acceptors (Lipinski definition) is 2. The summed E-state index contributed by atoms with van der Waals surface area (Å²) in [7, 11) is 0. The molecule has 0 amide bonds. The lowest BCUT2D eigenvalue weighted by atomic mass is 9.97. The first kappa shape index (κ1) is 21.3. The zero-order valence-corrected chi connectivity index (χ0v) is 17.6. The monoisotopic (exact) mass is 367 g/mol. The molecule has 0 heterocycles. The van der Waals surface area contributed by atoms with E-state index in [4.69, 9.17) is 4.74 Å². The van der Waals surface area contributed by atoms with Crippen LogP contribution in [0.1, 0.15) is 70.4 Å². The van der Waals surface area contributed by atoms with E-state index in [9.17, 15) is 0 Å². The third-order valence-electron chi connectivity index (χ3n) is 4.91. The van der Waals surface area contributed by atoms with Crippen molar-refractivity contribution in [2.75, 3.05) is 18.5 Å². The van der Waals surface area contributed by atoms with Gasteiger partial charge in [0.2, 0.25) is 0 Å². The molecule has 2 heteroatoms. The molecule has 1 N–H and O–H groups in total. The Hall–Kier alpha value is -1.96. The van der Waals surface area contributed by atoms with Crippen molar-refractivity contribution >= 4 is 5.69 Å². The molecule has 148 valence electrons. The number of benzene rings is 2. The van der Waals surface area contributed by atoms with Gasteiger partial charge in [0.05, 0.1) is 6.61 Å². The largest absolute Gasteiger partial charge is 0.494 e. The molecule has 2 nitrogen and oxygen atoms in total. The summed E-state index contributed by atoms with van der Waals surface area (Å²) in [5.41, 5.74) is 3.94. The highest BCUT2D eigenvalue weighted by Gasteiger charge is 2.07. The molecule has 2 rings (SSSR count). The Labute approximate surface area is 166 Å². The SMILES string of the molecule is CCCCCCOc1cccc(NCC(C)c2ccc(CC(C)C)cc2)c1. The van der Waals surface area contributed by atoms with Crippen LogP contribution in [-0.4, -0.2) is 13.2 Å². The van der Waals surface area contributed by atoms with Crippen LogP contribution in [0.15, 0.2) is 48.5 Å². The van der Waals surface area contributed by atoms with Gasteiger partial charge in [0.25, 0.3) is 0 Å². The molecule has 1 unspecified atom stereocenters. The zero-order chi connectivity index (χ0) is 19.5. The summed E-state index contributed by atoms with van der Waals surface area (Å²) in [5.74, 6) is 2.13. The number of unbranched alkanes of at least 4 members (excludes halogenated alkanes) is 3. The van der Waals surface area contributed by atoms with E-state index in [1.165, 1.54) is 30.4 Å². The minimum absolute atomic E-state index is 0.469. The van der Waals surface area contributed by atoms with Crippen LogP contribution < -0.4 is 10.1 Å². The average molecular weight is 368 g/mol. The van der Waals surface area contributed by atoms with Crippen molar-refractivity contribution in [1.29, 1.82) is 0 Å². The molecule has 0 bridgehead atoms. The van der Waals surface area contributed by atoms with Crippen molar-refractivity contribution in [1.82, 2.24) is 0 Å². The first-order valence-electron chi connectivity index (χ1n) is 10.6. The third kappa shape index (κ3) is 8.07. The molecule has 0 aromatic heterocycles. The number of hydrogen-bond donors (Lipinski definition) is 1. The highest BCUT2D eigenvalue weighted by molar-refractivity contribution is 5.48. The molecule has 2 aromatic rings. The molecular formula is C25H37NO. The summed E-state index contributed by atoms with van der Waals surface area (Å²) in [6.45, 7) is 10.8. The van der Waals surface area contributed by atoms with Crippen LogP contribution >= 0.6 is 0 Å². The van der Waals surface area contributed by atoms with Crippen LogP contribution in [0.25, 0.3) is 0 Å². The fourth-order valence-electron chi connectivity index (χ4n) is 3.26. The molecule has 0 aliphatic heterocycles. The second-order valence-corrected chi connectivity index (χ2v) is 8.06. The topological polar surface area (TPSA) is 21.3 Å². The summed E-state index contributed by atoms with van der Waals surface area (Å²) in [4.78, 5) is 0. The van der Waals surface area contributed by atoms with Crippen LogP contribution in [0.3, 0.4) is 0 Å². The molecule has 0 fully saturated rings. The lowest BCUT2D eigenvalue weighted by Crippen LogP contribution is -2.10. The quantitative estimate of drug-likeness (QED) is 0.405. The summed E-state index contributed by atoms with van der Waals surface area (Å²) in [5, 5.41) is 3.56. The van der Waals surface area contributed by atoms with E-state index in [0.717, 1.165) is 37.4 Å². The molecule has 0 aliphatic carbocycles. The van der Waals surface area contributed by atoms with Crippen molar-refractivity contribution in [3.63, 3.8) is 0 Å². The predicted octanol–water partition coefficient (Wildman–Crippen LogP) is 7.06. The molecule has 0 saturated carbocycles. The van der Waals surface area contributed by atoms with Crippen LogP contribution in [-0.2, 0) is 6.42 Å². The van der Waals surface area contributed by atoms with Gasteiger partial charge in [-0.25, -0.2) is 0 Å². The number of ether oxygens (including phenoxy) is 1. The fraction of sp³-hybridized carbons (Fsp3) is 0.520. The van der Waals surface area contributed by atoms with Crippen molar-refractivity contribution in [3.05, 3.63) is 59.7 Å². The van der Waals surface area contributed by atoms with Gasteiger partial charge in [-0.2, -0.15) is 0 Å². The molecule has 0 radical (unpaired) electrons. The van der Waals surface area contributed by atoms with Crippen molar-refractivity contribution < 1.29 is 4.74 Å². The number of anilines is 1. The summed E-state index contributed by atoms with van der Waals surface area (Å²) >= 11 is 0. The van der Waals surface area contributed by atoms with Gasteiger partial charge >= 0.3 is 0 Å². The highest BCUT2D eigenvalue weighted by atomic mass is 16.5. The van der Waals surface area contributed by atoms with Gasteiger partial charge < -0.3 is 10.1 Å². The van der Waals surface area contributed by atoms with Gasteiger partial charge in [-0.1, -0.05) is 77.3 Å². The van der Waals surface area contributed by atoms with Crippen molar-refractivity contribution in [2.45, 2.75) is 65.7 Å². The molecule has 27 heavy (non-hydrogen) atoms. The van der Waals surface area contributed by atoms with Gasteiger partial charge in [0.1, 0.15) is 5.75 Å². The van der Waals surface area contributed by atoms with Crippen molar-refractivity contribution in [3.8, 4) is 5.75 Å². The summed E-state index contributed by atoms with van der Waals surface area (Å²) in [6.07, 6.45) is 6.09. The van der Waals surface area contributed by atoms with E-state index in [0.29, 0.717) is 11.8 Å². The first-order chi connectivity index (χ1) is 13.1. The zero-order valence-electron chi connectivity index (χ0n) is 17.6. The molecule has 0 spiro atoms. The molecule has 0 saturated heterocycles. The normalized spacial score (nSPS) is 12.2. The Morgan fingerprint density at radius 2 is 1.70 bits per heavy atom. The van der Waals surface area contributed by atoms with Crippen LogP contribution in [0.5, 0.6) is 5.75 Å². The summed E-state index contributed by atoms with van der Waals surface area (Å²) < 4.78 is 5.89. The minimum atomic E-state index is 0.469. The van der Waals surface area contributed by atoms with Gasteiger partial charge in [-0.3, -0.25) is 0 Å². The van der Waals surface area contributed by atoms with Gasteiger partial charge in [0, 0.05) is 18.3 Å². The maximum absolute atomic E-state index is 5.89. The number of rotatable bonds is 12. The summed E-state index contributed by atoms with van der Waals surface area (Å²) in [6, 6.07) is 17.4. The Morgan fingerprint density at radius 1 is 0.926 bits per heavy atom. The lowest BCUT2D eigenvalue weighted by Gasteiger charge is -2.16. The van der Waals surface area contributed by atoms with E-state index >= 15 is 0 Å². The fourth-order valence-corrected chi connectivity index (χ4v) is 3.26.